The van der Waals surface area contributed by atoms with Crippen molar-refractivity contribution in [2.24, 2.45) is 0 Å². The number of aryl methyl sites for hydroxylation is 1. The molecular formula is C23H31N5O6. The number of aliphatic hydroxyl groups excluding tert-OH is 1. The lowest BCUT2D eigenvalue weighted by atomic mass is 9.99. The number of nitrogens with zero attached hydrogens (tertiary/aromatic N) is 4. The number of nitrogens with one attached hydrogen (secondary N) is 1. The molecule has 0 aliphatic carbocycles. The Bertz CT molecular complexity index is 1060. The Kier molecular flexibility index (Phi) is 8.41. The maximum atomic E-state index is 12.3. The first-order valence-electron chi connectivity index (χ1n) is 11.5. The molecule has 1 aliphatic heterocycles. The van der Waals surface area contributed by atoms with E-state index >= 15 is 0 Å². The highest BCUT2D eigenvalue weighted by molar-refractivity contribution is 5.96. The van der Waals surface area contributed by atoms with Crippen molar-refractivity contribution in [3.05, 3.63) is 12.2 Å². The van der Waals surface area contributed by atoms with Crippen LogP contribution in [0.4, 0.5) is 10.6 Å². The summed E-state index contributed by atoms with van der Waals surface area (Å²) in [6.45, 7) is 5.47. The first kappa shape index (κ1) is 25.4. The van der Waals surface area contributed by atoms with E-state index < -0.39 is 24.1 Å². The summed E-state index contributed by atoms with van der Waals surface area (Å²) in [5.41, 5.74) is -0.736. The van der Waals surface area contributed by atoms with Crippen LogP contribution in [0.1, 0.15) is 64.4 Å². The lowest BCUT2D eigenvalue weighted by Gasteiger charge is -2.25. The maximum absolute atomic E-state index is 12.3. The number of hydrogen-bond acceptors (Lipinski definition) is 9. The fourth-order valence-electron chi connectivity index (χ4n) is 3.67. The number of rotatable bonds is 10. The molecule has 3 rings (SSSR count). The molecule has 11 heteroatoms. The van der Waals surface area contributed by atoms with Crippen molar-refractivity contribution in [1.82, 2.24) is 19.5 Å². The first-order valence-corrected chi connectivity index (χ1v) is 11.5. The number of amides is 1. The van der Waals surface area contributed by atoms with Gasteiger partial charge in [0.15, 0.2) is 22.6 Å². The number of aliphatic hydroxyl groups is 1. The molecule has 184 valence electrons. The molecule has 3 heterocycles. The molecule has 1 saturated heterocycles. The van der Waals surface area contributed by atoms with Crippen molar-refractivity contribution in [3.63, 3.8) is 0 Å². The standard InChI is InChI=1S/C23H31N5O6/c1-5-8-9-10-17(30)27-20-19-21(26-15(4)25-20)28(14-24-19)18-12-16(29)23(7-3,34-18)13-33-22(31)32-11-6-2/h3,14,16,18,29H,5-6,8-13H2,1-2,4H3,(H,25,26,27,30)/t16-,18+,23+/m0/s1. The molecule has 34 heavy (non-hydrogen) atoms. The predicted molar refractivity (Wildman–Crippen MR) is 123 cm³/mol. The largest absolute Gasteiger partial charge is 0.508 e. The van der Waals surface area contributed by atoms with Crippen molar-refractivity contribution in [2.45, 2.75) is 77.2 Å². The molecule has 0 saturated carbocycles. The fourth-order valence-corrected chi connectivity index (χ4v) is 3.67. The molecule has 0 aromatic carbocycles. The summed E-state index contributed by atoms with van der Waals surface area (Å²) in [6.07, 6.45) is 8.37. The molecule has 0 spiro atoms. The number of imidazole rings is 1. The maximum Gasteiger partial charge on any atom is 0.508 e. The van der Waals surface area contributed by atoms with Crippen molar-refractivity contribution >= 4 is 29.0 Å². The molecule has 3 atom stereocenters. The van der Waals surface area contributed by atoms with Gasteiger partial charge in [-0.1, -0.05) is 32.6 Å². The topological polar surface area (TPSA) is 138 Å². The third-order valence-corrected chi connectivity index (χ3v) is 5.49. The molecule has 2 N–H and O–H groups in total. The van der Waals surface area contributed by atoms with Crippen LogP contribution < -0.4 is 5.32 Å². The van der Waals surface area contributed by atoms with Gasteiger partial charge in [0, 0.05) is 12.8 Å². The highest BCUT2D eigenvalue weighted by Crippen LogP contribution is 2.38. The van der Waals surface area contributed by atoms with E-state index in [9.17, 15) is 14.7 Å². The van der Waals surface area contributed by atoms with Gasteiger partial charge in [0.25, 0.3) is 0 Å². The lowest BCUT2D eigenvalue weighted by molar-refractivity contribution is -0.116. The summed E-state index contributed by atoms with van der Waals surface area (Å²) < 4.78 is 17.6. The summed E-state index contributed by atoms with van der Waals surface area (Å²) in [4.78, 5) is 37.2. The van der Waals surface area contributed by atoms with Crippen LogP contribution in [0.5, 0.6) is 0 Å². The van der Waals surface area contributed by atoms with E-state index in [1.807, 2.05) is 6.92 Å². The number of hydrogen-bond donors (Lipinski definition) is 2. The van der Waals surface area contributed by atoms with Gasteiger partial charge in [0.05, 0.1) is 12.9 Å². The van der Waals surface area contributed by atoms with Crippen LogP contribution in [0.25, 0.3) is 11.2 Å². The Morgan fingerprint density at radius 2 is 2.12 bits per heavy atom. The van der Waals surface area contributed by atoms with Gasteiger partial charge in [0.1, 0.15) is 24.8 Å². The molecule has 0 bridgehead atoms. The second-order valence-electron chi connectivity index (χ2n) is 8.19. The molecule has 1 amide bonds. The number of carbonyl (C=O) groups is 2. The molecule has 2 aromatic rings. The zero-order valence-electron chi connectivity index (χ0n) is 19.7. The Morgan fingerprint density at radius 1 is 1.32 bits per heavy atom. The number of fused-ring (bicyclic) bond motifs is 1. The molecule has 2 aromatic heterocycles. The van der Waals surface area contributed by atoms with E-state index in [2.05, 4.69) is 33.1 Å². The number of aromatic nitrogens is 4. The van der Waals surface area contributed by atoms with Crippen LogP contribution in [0, 0.1) is 19.3 Å². The molecule has 11 nitrogen and oxygen atoms in total. The predicted octanol–water partition coefficient (Wildman–Crippen LogP) is 2.87. The van der Waals surface area contributed by atoms with Crippen molar-refractivity contribution < 1.29 is 28.9 Å². The zero-order chi connectivity index (χ0) is 24.7. The summed E-state index contributed by atoms with van der Waals surface area (Å²) in [7, 11) is 0. The first-order chi connectivity index (χ1) is 16.3. The smallest absolute Gasteiger partial charge is 0.434 e. The van der Waals surface area contributed by atoms with Crippen LogP contribution in [0.3, 0.4) is 0 Å². The molecule has 1 fully saturated rings. The zero-order valence-corrected chi connectivity index (χ0v) is 19.7. The van der Waals surface area contributed by atoms with Crippen molar-refractivity contribution in [2.75, 3.05) is 18.5 Å². The number of anilines is 1. The second-order valence-corrected chi connectivity index (χ2v) is 8.19. The van der Waals surface area contributed by atoms with Crippen molar-refractivity contribution in [3.8, 4) is 12.3 Å². The lowest BCUT2D eigenvalue weighted by Crippen LogP contribution is -2.43. The number of carbonyl (C=O) groups excluding carboxylic acids is 2. The van der Waals surface area contributed by atoms with Crippen molar-refractivity contribution in [1.29, 1.82) is 0 Å². The average molecular weight is 474 g/mol. The van der Waals surface area contributed by atoms with Crippen LogP contribution in [0.2, 0.25) is 0 Å². The Morgan fingerprint density at radius 3 is 2.82 bits per heavy atom. The van der Waals surface area contributed by atoms with Gasteiger partial charge in [-0.25, -0.2) is 19.7 Å². The SMILES string of the molecule is C#C[C@]1(COC(=O)OCCC)O[C@@H](n2cnc3c(NC(=O)CCCCC)nc(C)nc32)C[C@@H]1O. The number of terminal acetylenes is 1. The van der Waals surface area contributed by atoms with E-state index in [4.69, 9.17) is 20.6 Å². The van der Waals surface area contributed by atoms with E-state index in [0.29, 0.717) is 35.6 Å². The van der Waals surface area contributed by atoms with Gasteiger partial charge in [-0.15, -0.1) is 6.42 Å². The normalized spacial score (nSPS) is 21.9. The minimum Gasteiger partial charge on any atom is -0.434 e. The van der Waals surface area contributed by atoms with Gasteiger partial charge >= 0.3 is 6.16 Å². The average Bonchev–Trinajstić information content (AvgIpc) is 3.37. The number of ether oxygens (including phenoxy) is 3. The van der Waals surface area contributed by atoms with Crippen LogP contribution in [0.15, 0.2) is 6.33 Å². The van der Waals surface area contributed by atoms with Gasteiger partial charge in [-0.3, -0.25) is 9.36 Å². The minimum atomic E-state index is -1.55. The van der Waals surface area contributed by atoms with E-state index in [1.165, 1.54) is 6.33 Å². The monoisotopic (exact) mass is 473 g/mol. The van der Waals surface area contributed by atoms with E-state index in [0.717, 1.165) is 19.3 Å². The Hall–Kier alpha value is -3.23. The van der Waals surface area contributed by atoms with Gasteiger partial charge < -0.3 is 24.6 Å². The summed E-state index contributed by atoms with van der Waals surface area (Å²) in [5, 5.41) is 13.5. The number of unbranched alkanes of at least 4 members (excludes halogenated alkanes) is 2. The second kappa shape index (κ2) is 11.3. The highest BCUT2D eigenvalue weighted by atomic mass is 16.7. The molecule has 0 radical (unpaired) electrons. The third-order valence-electron chi connectivity index (χ3n) is 5.49. The van der Waals surface area contributed by atoms with Gasteiger partial charge in [0.2, 0.25) is 5.91 Å². The van der Waals surface area contributed by atoms with Gasteiger partial charge in [-0.2, -0.15) is 0 Å². The quantitative estimate of drug-likeness (QED) is 0.303. The molecule has 1 aliphatic rings. The van der Waals surface area contributed by atoms with Gasteiger partial charge in [-0.05, 0) is 19.8 Å². The minimum absolute atomic E-state index is 0.116. The molecule has 0 unspecified atom stereocenters. The summed E-state index contributed by atoms with van der Waals surface area (Å²) in [5.74, 6) is 3.02. The van der Waals surface area contributed by atoms with E-state index in [-0.39, 0.29) is 25.5 Å². The van der Waals surface area contributed by atoms with Crippen LogP contribution in [-0.4, -0.2) is 61.6 Å². The summed E-state index contributed by atoms with van der Waals surface area (Å²) in [6, 6.07) is 0. The molecular weight excluding hydrogens is 442 g/mol. The third kappa shape index (κ3) is 5.63. The Labute approximate surface area is 198 Å². The van der Waals surface area contributed by atoms with Crippen LogP contribution in [-0.2, 0) is 19.0 Å². The summed E-state index contributed by atoms with van der Waals surface area (Å²) >= 11 is 0. The Balaban J connectivity index is 1.79. The fraction of sp³-hybridized carbons (Fsp3) is 0.609. The van der Waals surface area contributed by atoms with Crippen LogP contribution >= 0.6 is 0 Å². The van der Waals surface area contributed by atoms with E-state index in [1.54, 1.807) is 11.5 Å². The highest BCUT2D eigenvalue weighted by Gasteiger charge is 2.49.